The summed E-state index contributed by atoms with van der Waals surface area (Å²) in [5.74, 6) is -15.8. The zero-order valence-electron chi connectivity index (χ0n) is 23.5. The summed E-state index contributed by atoms with van der Waals surface area (Å²) in [7, 11) is 3.35. The summed E-state index contributed by atoms with van der Waals surface area (Å²) in [6.45, 7) is 1.66. The van der Waals surface area contributed by atoms with Crippen LogP contribution in [-0.2, 0) is 9.54 Å². The first-order valence-electron chi connectivity index (χ1n) is 13.6. The van der Waals surface area contributed by atoms with E-state index in [-0.39, 0.29) is 16.9 Å². The summed E-state index contributed by atoms with van der Waals surface area (Å²) >= 11 is 2.34. The molecular weight excluding hydrogens is 620 g/mol. The van der Waals surface area contributed by atoms with Gasteiger partial charge in [-0.05, 0) is 83.4 Å². The van der Waals surface area contributed by atoms with Crippen molar-refractivity contribution in [2.45, 2.75) is 34.2 Å². The molecule has 3 nitrogen and oxygen atoms in total. The lowest BCUT2D eigenvalue weighted by Gasteiger charge is -2.50. The first-order valence-corrected chi connectivity index (χ1v) is 15.3. The van der Waals surface area contributed by atoms with Gasteiger partial charge in [-0.25, -0.2) is 0 Å². The third kappa shape index (κ3) is 3.57. The molecule has 0 amide bonds. The normalized spacial score (nSPS) is 32.2. The number of rotatable bonds is 2. The van der Waals surface area contributed by atoms with Crippen molar-refractivity contribution in [3.63, 3.8) is 0 Å². The molecular formula is C33H24F6NO2S2+. The second kappa shape index (κ2) is 9.31. The lowest BCUT2D eigenvalue weighted by molar-refractivity contribution is -0.766. The predicted octanol–water partition coefficient (Wildman–Crippen LogP) is 6.98. The second-order valence-corrected chi connectivity index (χ2v) is 14.1. The number of thioether (sulfide) groups is 2. The highest BCUT2D eigenvalue weighted by molar-refractivity contribution is 8.09. The molecule has 3 aliphatic carbocycles. The van der Waals surface area contributed by atoms with Crippen LogP contribution >= 0.6 is 23.5 Å². The fraction of sp³-hybridized carbons (Fsp3) is 0.242. The molecule has 2 atom stereocenters. The van der Waals surface area contributed by atoms with Crippen molar-refractivity contribution in [3.05, 3.63) is 134 Å². The van der Waals surface area contributed by atoms with E-state index in [2.05, 4.69) is 0 Å². The second-order valence-electron chi connectivity index (χ2n) is 11.4. The van der Waals surface area contributed by atoms with E-state index in [0.29, 0.717) is 32.3 Å². The summed E-state index contributed by atoms with van der Waals surface area (Å²) in [6, 6.07) is 6.57. The minimum atomic E-state index is -5.67. The summed E-state index contributed by atoms with van der Waals surface area (Å²) < 4.78 is 96.6. The van der Waals surface area contributed by atoms with E-state index in [1.165, 1.54) is 55.3 Å². The molecule has 0 radical (unpaired) electrons. The van der Waals surface area contributed by atoms with Gasteiger partial charge in [-0.2, -0.15) is 26.3 Å². The Morgan fingerprint density at radius 3 is 1.84 bits per heavy atom. The highest BCUT2D eigenvalue weighted by atomic mass is 32.2. The quantitative estimate of drug-likeness (QED) is 0.352. The van der Waals surface area contributed by atoms with Gasteiger partial charge in [0, 0.05) is 33.1 Å². The number of hydrogen-bond acceptors (Lipinski definition) is 4. The first-order chi connectivity index (χ1) is 20.7. The van der Waals surface area contributed by atoms with Crippen LogP contribution in [0.25, 0.3) is 0 Å². The number of alkyl halides is 6. The van der Waals surface area contributed by atoms with E-state index in [0.717, 1.165) is 16.7 Å². The van der Waals surface area contributed by atoms with Crippen LogP contribution in [0.3, 0.4) is 0 Å². The third-order valence-corrected chi connectivity index (χ3v) is 12.3. The van der Waals surface area contributed by atoms with Gasteiger partial charge < -0.3 is 4.74 Å². The summed E-state index contributed by atoms with van der Waals surface area (Å²) in [5, 5.41) is 0. The maximum atomic E-state index is 16.0. The molecule has 0 saturated carbocycles. The first kappa shape index (κ1) is 29.3. The summed E-state index contributed by atoms with van der Waals surface area (Å²) in [5.41, 5.74) is -1.64. The molecule has 0 fully saturated rings. The van der Waals surface area contributed by atoms with Crippen molar-refractivity contribution in [2.75, 3.05) is 14.2 Å². The number of quaternary nitrogens is 1. The molecule has 0 aromatic heterocycles. The van der Waals surface area contributed by atoms with E-state index in [9.17, 15) is 4.79 Å². The number of hydrogen-bond donors (Lipinski definition) is 1. The number of fused-ring (bicyclic) bond motifs is 5. The molecule has 0 spiro atoms. The van der Waals surface area contributed by atoms with Crippen LogP contribution in [0, 0.1) is 0 Å². The van der Waals surface area contributed by atoms with Crippen molar-refractivity contribution in [2.24, 2.45) is 0 Å². The van der Waals surface area contributed by atoms with Crippen LogP contribution in [0.15, 0.2) is 129 Å². The number of allylic oxidation sites excluding steroid dienone is 12. The van der Waals surface area contributed by atoms with Gasteiger partial charge in [-0.15, -0.1) is 23.5 Å². The Morgan fingerprint density at radius 1 is 0.727 bits per heavy atom. The molecule has 6 aliphatic rings. The summed E-state index contributed by atoms with van der Waals surface area (Å²) in [6.07, 6.45) is 15.6. The predicted molar refractivity (Wildman–Crippen MR) is 159 cm³/mol. The number of carbonyl (C=O) groups is 1. The van der Waals surface area contributed by atoms with E-state index < -0.39 is 38.4 Å². The van der Waals surface area contributed by atoms with Crippen LogP contribution in [0.2, 0.25) is 0 Å². The third-order valence-electron chi connectivity index (χ3n) is 8.87. The fourth-order valence-corrected chi connectivity index (χ4v) is 9.95. The molecule has 1 N–H and O–H groups in total. The maximum absolute atomic E-state index is 16.0. The molecule has 0 bridgehead atoms. The van der Waals surface area contributed by atoms with Gasteiger partial charge in [0.2, 0.25) is 0 Å². The van der Waals surface area contributed by atoms with Gasteiger partial charge in [0.05, 0.1) is 36.1 Å². The van der Waals surface area contributed by atoms with Crippen molar-refractivity contribution < 1.29 is 40.8 Å². The SMILES string of the molecule is COc1ccc(C23SC(=C4C=CC(=O)C=C4)C=C2C2=C(C4=CC(=C5C=C[NH+](C)C=C5)SC43C)C(F)(F)C(F)(F)C2(F)F)cc1. The highest BCUT2D eigenvalue weighted by Crippen LogP contribution is 2.78. The van der Waals surface area contributed by atoms with E-state index in [1.807, 2.05) is 19.4 Å². The number of benzene rings is 1. The molecule has 11 heteroatoms. The van der Waals surface area contributed by atoms with Crippen molar-refractivity contribution in [1.29, 1.82) is 0 Å². The molecule has 226 valence electrons. The number of ketones is 1. The van der Waals surface area contributed by atoms with E-state index >= 15 is 26.3 Å². The Morgan fingerprint density at radius 2 is 1.25 bits per heavy atom. The van der Waals surface area contributed by atoms with Crippen LogP contribution in [0.1, 0.15) is 12.5 Å². The van der Waals surface area contributed by atoms with Gasteiger partial charge in [0.25, 0.3) is 0 Å². The topological polar surface area (TPSA) is 30.7 Å². The van der Waals surface area contributed by atoms with Gasteiger partial charge >= 0.3 is 17.8 Å². The molecule has 1 aromatic rings. The molecule has 0 saturated heterocycles. The van der Waals surface area contributed by atoms with E-state index in [4.69, 9.17) is 4.74 Å². The fourth-order valence-electron chi connectivity index (χ4n) is 6.60. The number of methoxy groups -OCH3 is 1. The Hall–Kier alpha value is -3.41. The Bertz CT molecular complexity index is 1790. The molecule has 3 aliphatic heterocycles. The highest BCUT2D eigenvalue weighted by Gasteiger charge is 2.84. The Balaban J connectivity index is 1.59. The van der Waals surface area contributed by atoms with Gasteiger partial charge in [0.1, 0.15) is 5.75 Å². The standard InChI is InChI=1S/C33H23F6NO2S2/c1-29-23(16-25(43-29)19-12-14-40(2)15-13-19)27-28(32(36,37)33(38,39)31(27,34)35)24-17-26(18-4-8-21(41)9-5-18)44-30(24,29)20-6-10-22(42-3)11-7-20/h4-17H,1-3H3/p+1. The van der Waals surface area contributed by atoms with Crippen LogP contribution in [0.4, 0.5) is 26.3 Å². The number of halogens is 6. The van der Waals surface area contributed by atoms with E-state index in [1.54, 1.807) is 43.3 Å². The maximum Gasteiger partial charge on any atom is 0.380 e. The largest absolute Gasteiger partial charge is 0.497 e. The Kier molecular flexibility index (Phi) is 6.20. The monoisotopic (exact) mass is 644 g/mol. The van der Waals surface area contributed by atoms with Crippen LogP contribution in [-0.4, -0.2) is 42.5 Å². The van der Waals surface area contributed by atoms with Gasteiger partial charge in [0.15, 0.2) is 5.78 Å². The molecule has 7 rings (SSSR count). The average molecular weight is 645 g/mol. The average Bonchev–Trinajstić information content (AvgIpc) is 3.59. The smallest absolute Gasteiger partial charge is 0.380 e. The van der Waals surface area contributed by atoms with Gasteiger partial charge in [-0.1, -0.05) is 12.1 Å². The molecule has 3 heterocycles. The number of carbonyl (C=O) groups excluding carboxylic acids is 1. The minimum absolute atomic E-state index is 0.258. The lowest BCUT2D eigenvalue weighted by atomic mass is 9.66. The van der Waals surface area contributed by atoms with Crippen molar-refractivity contribution in [3.8, 4) is 5.75 Å². The number of nitrogens with one attached hydrogen (secondary N) is 1. The van der Waals surface area contributed by atoms with Crippen LogP contribution < -0.4 is 9.64 Å². The van der Waals surface area contributed by atoms with Crippen molar-refractivity contribution in [1.82, 2.24) is 0 Å². The minimum Gasteiger partial charge on any atom is -0.497 e. The summed E-state index contributed by atoms with van der Waals surface area (Å²) in [4.78, 5) is 13.7. The lowest BCUT2D eigenvalue weighted by Crippen LogP contribution is -2.99. The zero-order chi connectivity index (χ0) is 31.4. The number of ether oxygens (including phenoxy) is 1. The molecule has 1 aromatic carbocycles. The molecule has 2 unspecified atom stereocenters. The van der Waals surface area contributed by atoms with Crippen LogP contribution in [0.5, 0.6) is 5.75 Å². The van der Waals surface area contributed by atoms with Crippen molar-refractivity contribution >= 4 is 29.3 Å². The Labute approximate surface area is 257 Å². The zero-order valence-corrected chi connectivity index (χ0v) is 25.1. The molecule has 44 heavy (non-hydrogen) atoms. The van der Waals surface area contributed by atoms with Gasteiger partial charge in [-0.3, -0.25) is 9.69 Å².